The molecule has 0 bridgehead atoms. The molecule has 94 valence electrons. The van der Waals surface area contributed by atoms with E-state index in [1.54, 1.807) is 0 Å². The van der Waals surface area contributed by atoms with Gasteiger partial charge in [0.1, 0.15) is 5.54 Å². The minimum atomic E-state index is -1.16. The number of carbonyl (C=O) groups excluding carboxylic acids is 1. The van der Waals surface area contributed by atoms with Crippen LogP contribution >= 0.6 is 0 Å². The van der Waals surface area contributed by atoms with Gasteiger partial charge in [0, 0.05) is 19.5 Å². The SMILES string of the molecule is CCNC(C)CC(=O)N(C)C(C)(C)C(=O)O. The van der Waals surface area contributed by atoms with Gasteiger partial charge in [0.05, 0.1) is 0 Å². The van der Waals surface area contributed by atoms with Crippen LogP contribution in [0.2, 0.25) is 0 Å². The minimum Gasteiger partial charge on any atom is -0.480 e. The van der Waals surface area contributed by atoms with Crippen molar-refractivity contribution >= 4 is 11.9 Å². The van der Waals surface area contributed by atoms with Crippen LogP contribution in [0.1, 0.15) is 34.1 Å². The molecule has 0 fully saturated rings. The predicted octanol–water partition coefficient (Wildman–Crippen LogP) is 0.696. The van der Waals surface area contributed by atoms with Crippen LogP contribution in [-0.4, -0.2) is 47.1 Å². The van der Waals surface area contributed by atoms with E-state index in [4.69, 9.17) is 5.11 Å². The smallest absolute Gasteiger partial charge is 0.329 e. The summed E-state index contributed by atoms with van der Waals surface area (Å²) in [5.74, 6) is -1.17. The van der Waals surface area contributed by atoms with E-state index >= 15 is 0 Å². The second-order valence-corrected chi connectivity index (χ2v) is 4.48. The molecule has 0 spiro atoms. The summed E-state index contributed by atoms with van der Waals surface area (Å²) in [5.41, 5.74) is -1.16. The molecule has 0 aliphatic heterocycles. The van der Waals surface area contributed by atoms with Gasteiger partial charge in [-0.05, 0) is 27.3 Å². The Morgan fingerprint density at radius 3 is 2.31 bits per heavy atom. The number of carboxylic acid groups (broad SMARTS) is 1. The van der Waals surface area contributed by atoms with Crippen molar-refractivity contribution in [3.05, 3.63) is 0 Å². The Bertz CT molecular complexity index is 264. The summed E-state index contributed by atoms with van der Waals surface area (Å²) in [5, 5.41) is 12.1. The van der Waals surface area contributed by atoms with Crippen LogP contribution in [-0.2, 0) is 9.59 Å². The summed E-state index contributed by atoms with van der Waals surface area (Å²) >= 11 is 0. The Morgan fingerprint density at radius 1 is 1.44 bits per heavy atom. The molecule has 0 aromatic rings. The molecular weight excluding hydrogens is 208 g/mol. The monoisotopic (exact) mass is 230 g/mol. The van der Waals surface area contributed by atoms with Gasteiger partial charge in [0.25, 0.3) is 0 Å². The molecule has 0 aromatic heterocycles. The van der Waals surface area contributed by atoms with Gasteiger partial charge in [-0.2, -0.15) is 0 Å². The van der Waals surface area contributed by atoms with Gasteiger partial charge < -0.3 is 15.3 Å². The molecular formula is C11H22N2O3. The molecule has 0 aliphatic carbocycles. The van der Waals surface area contributed by atoms with Crippen LogP contribution < -0.4 is 5.32 Å². The number of likely N-dealkylation sites (N-methyl/N-ethyl adjacent to an activating group) is 1. The fraction of sp³-hybridized carbons (Fsp3) is 0.818. The van der Waals surface area contributed by atoms with E-state index in [1.807, 2.05) is 13.8 Å². The molecule has 16 heavy (non-hydrogen) atoms. The zero-order valence-electron chi connectivity index (χ0n) is 10.7. The molecule has 1 atom stereocenters. The lowest BCUT2D eigenvalue weighted by molar-refractivity contribution is -0.155. The van der Waals surface area contributed by atoms with Crippen molar-refractivity contribution in [1.29, 1.82) is 0 Å². The van der Waals surface area contributed by atoms with Crippen molar-refractivity contribution in [3.8, 4) is 0 Å². The highest BCUT2D eigenvalue weighted by Crippen LogP contribution is 2.14. The first-order chi connectivity index (χ1) is 7.23. The first-order valence-corrected chi connectivity index (χ1v) is 5.46. The van der Waals surface area contributed by atoms with Gasteiger partial charge in [-0.3, -0.25) is 4.79 Å². The normalized spacial score (nSPS) is 13.3. The summed E-state index contributed by atoms with van der Waals surface area (Å²) in [7, 11) is 1.52. The standard InChI is InChI=1S/C11H22N2O3/c1-6-12-8(2)7-9(14)13(5)11(3,4)10(15)16/h8,12H,6-7H2,1-5H3,(H,15,16). The molecule has 2 N–H and O–H groups in total. The highest BCUT2D eigenvalue weighted by atomic mass is 16.4. The maximum Gasteiger partial charge on any atom is 0.329 e. The Hall–Kier alpha value is -1.10. The van der Waals surface area contributed by atoms with Gasteiger partial charge in [0.2, 0.25) is 5.91 Å². The Balaban J connectivity index is 4.45. The van der Waals surface area contributed by atoms with Gasteiger partial charge >= 0.3 is 5.97 Å². The summed E-state index contributed by atoms with van der Waals surface area (Å²) in [4.78, 5) is 24.1. The van der Waals surface area contributed by atoms with Crippen molar-refractivity contribution in [2.75, 3.05) is 13.6 Å². The van der Waals surface area contributed by atoms with Crippen molar-refractivity contribution in [3.63, 3.8) is 0 Å². The molecule has 5 nitrogen and oxygen atoms in total. The van der Waals surface area contributed by atoms with Crippen molar-refractivity contribution in [2.45, 2.75) is 45.7 Å². The number of aliphatic carboxylic acids is 1. The van der Waals surface area contributed by atoms with E-state index in [9.17, 15) is 9.59 Å². The third kappa shape index (κ3) is 3.81. The molecule has 1 amide bonds. The van der Waals surface area contributed by atoms with Gasteiger partial charge in [0.15, 0.2) is 0 Å². The lowest BCUT2D eigenvalue weighted by atomic mass is 10.0. The van der Waals surface area contributed by atoms with Gasteiger partial charge in [-0.1, -0.05) is 6.92 Å². The molecule has 1 unspecified atom stereocenters. The second-order valence-electron chi connectivity index (χ2n) is 4.48. The largest absolute Gasteiger partial charge is 0.480 e. The highest BCUT2D eigenvalue weighted by Gasteiger charge is 2.35. The number of nitrogens with zero attached hydrogens (tertiary/aromatic N) is 1. The topological polar surface area (TPSA) is 69.6 Å². The number of rotatable bonds is 6. The number of hydrogen-bond acceptors (Lipinski definition) is 3. The number of amides is 1. The molecule has 0 aliphatic rings. The van der Waals surface area contributed by atoms with E-state index in [2.05, 4.69) is 5.32 Å². The minimum absolute atomic E-state index is 0.0598. The van der Waals surface area contributed by atoms with Gasteiger partial charge in [-0.15, -0.1) is 0 Å². The van der Waals surface area contributed by atoms with E-state index < -0.39 is 11.5 Å². The van der Waals surface area contributed by atoms with Crippen molar-refractivity contribution in [1.82, 2.24) is 10.2 Å². The molecule has 0 radical (unpaired) electrons. The lowest BCUT2D eigenvalue weighted by Crippen LogP contribution is -2.51. The second kappa shape index (κ2) is 5.84. The Kier molecular flexibility index (Phi) is 5.44. The van der Waals surface area contributed by atoms with Crippen molar-refractivity contribution in [2.24, 2.45) is 0 Å². The van der Waals surface area contributed by atoms with Crippen LogP contribution in [0, 0.1) is 0 Å². The average Bonchev–Trinajstić information content (AvgIpc) is 2.16. The number of carboxylic acids is 1. The first kappa shape index (κ1) is 14.9. The van der Waals surface area contributed by atoms with E-state index in [1.165, 1.54) is 25.8 Å². The fourth-order valence-corrected chi connectivity index (χ4v) is 1.27. The summed E-state index contributed by atoms with van der Waals surface area (Å²) in [6, 6.07) is 0.0598. The molecule has 0 rings (SSSR count). The molecule has 0 heterocycles. The zero-order valence-corrected chi connectivity index (χ0v) is 10.7. The summed E-state index contributed by atoms with van der Waals surface area (Å²) in [6.07, 6.45) is 0.307. The maximum atomic E-state index is 11.8. The van der Waals surface area contributed by atoms with E-state index in [0.717, 1.165) is 6.54 Å². The van der Waals surface area contributed by atoms with E-state index in [-0.39, 0.29) is 11.9 Å². The Labute approximate surface area is 96.8 Å². The number of nitrogens with one attached hydrogen (secondary N) is 1. The maximum absolute atomic E-state index is 11.8. The van der Waals surface area contributed by atoms with Crippen LogP contribution in [0.3, 0.4) is 0 Å². The zero-order chi connectivity index (χ0) is 12.9. The third-order valence-electron chi connectivity index (χ3n) is 2.77. The Morgan fingerprint density at radius 2 is 1.94 bits per heavy atom. The van der Waals surface area contributed by atoms with Crippen LogP contribution in [0.4, 0.5) is 0 Å². The summed E-state index contributed by atoms with van der Waals surface area (Å²) < 4.78 is 0. The first-order valence-electron chi connectivity index (χ1n) is 5.46. The van der Waals surface area contributed by atoms with Crippen LogP contribution in [0.25, 0.3) is 0 Å². The van der Waals surface area contributed by atoms with E-state index in [0.29, 0.717) is 6.42 Å². The molecule has 5 heteroatoms. The van der Waals surface area contributed by atoms with Crippen LogP contribution in [0.15, 0.2) is 0 Å². The average molecular weight is 230 g/mol. The fourth-order valence-electron chi connectivity index (χ4n) is 1.27. The quantitative estimate of drug-likeness (QED) is 0.704. The van der Waals surface area contributed by atoms with Crippen LogP contribution in [0.5, 0.6) is 0 Å². The molecule has 0 saturated carbocycles. The number of hydrogen-bond donors (Lipinski definition) is 2. The molecule has 0 saturated heterocycles. The predicted molar refractivity (Wildman–Crippen MR) is 62.2 cm³/mol. The highest BCUT2D eigenvalue weighted by molar-refractivity contribution is 5.86. The van der Waals surface area contributed by atoms with Gasteiger partial charge in [-0.25, -0.2) is 4.79 Å². The summed E-state index contributed by atoms with van der Waals surface area (Å²) in [6.45, 7) is 7.70. The van der Waals surface area contributed by atoms with Crippen molar-refractivity contribution < 1.29 is 14.7 Å². The lowest BCUT2D eigenvalue weighted by Gasteiger charge is -2.32. The third-order valence-corrected chi connectivity index (χ3v) is 2.77. The molecule has 0 aromatic carbocycles. The number of carbonyl (C=O) groups is 2.